The summed E-state index contributed by atoms with van der Waals surface area (Å²) in [4.78, 5) is 4.91. The minimum Gasteiger partial charge on any atom is -0.383 e. The van der Waals surface area contributed by atoms with Crippen molar-refractivity contribution >= 4 is 10.9 Å². The van der Waals surface area contributed by atoms with Gasteiger partial charge in [0.05, 0.1) is 12.1 Å². The van der Waals surface area contributed by atoms with Crippen molar-refractivity contribution in [1.82, 2.24) is 10.3 Å². The zero-order valence-corrected chi connectivity index (χ0v) is 13.0. The monoisotopic (exact) mass is 284 g/mol. The number of benzene rings is 1. The molecular formula is C18H24N2O. The first-order chi connectivity index (χ1) is 10.3. The van der Waals surface area contributed by atoms with E-state index in [0.29, 0.717) is 0 Å². The Morgan fingerprint density at radius 1 is 1.24 bits per heavy atom. The molecule has 0 bridgehead atoms. The SMILES string of the molecule is COCCNCc1c2c(nc3ccc(C)cc13)CCCC2. The normalized spacial score (nSPS) is 14.4. The predicted molar refractivity (Wildman–Crippen MR) is 86.7 cm³/mol. The van der Waals surface area contributed by atoms with E-state index >= 15 is 0 Å². The van der Waals surface area contributed by atoms with Crippen LogP contribution in [0.1, 0.15) is 35.2 Å². The van der Waals surface area contributed by atoms with Crippen molar-refractivity contribution in [3.05, 3.63) is 40.6 Å². The number of ether oxygens (including phenoxy) is 1. The zero-order chi connectivity index (χ0) is 14.7. The summed E-state index contributed by atoms with van der Waals surface area (Å²) in [7, 11) is 1.74. The molecule has 1 aromatic heterocycles. The number of nitrogens with zero attached hydrogens (tertiary/aromatic N) is 1. The molecule has 1 aliphatic rings. The van der Waals surface area contributed by atoms with Crippen molar-refractivity contribution in [2.75, 3.05) is 20.3 Å². The molecule has 0 saturated carbocycles. The van der Waals surface area contributed by atoms with E-state index in [4.69, 9.17) is 9.72 Å². The molecule has 3 heteroatoms. The molecular weight excluding hydrogens is 260 g/mol. The summed E-state index contributed by atoms with van der Waals surface area (Å²) in [6.07, 6.45) is 4.86. The molecule has 3 nitrogen and oxygen atoms in total. The molecule has 0 saturated heterocycles. The Balaban J connectivity index is 2.01. The number of nitrogens with one attached hydrogen (secondary N) is 1. The molecule has 3 rings (SSSR count). The number of aryl methyl sites for hydroxylation is 2. The number of rotatable bonds is 5. The molecule has 0 aliphatic heterocycles. The molecule has 112 valence electrons. The van der Waals surface area contributed by atoms with Crippen molar-refractivity contribution in [2.45, 2.75) is 39.2 Å². The summed E-state index contributed by atoms with van der Waals surface area (Å²) in [5, 5.41) is 4.83. The van der Waals surface area contributed by atoms with Gasteiger partial charge < -0.3 is 10.1 Å². The van der Waals surface area contributed by atoms with Crippen molar-refractivity contribution < 1.29 is 4.74 Å². The fraction of sp³-hybridized carbons (Fsp3) is 0.500. The van der Waals surface area contributed by atoms with E-state index in [-0.39, 0.29) is 0 Å². The van der Waals surface area contributed by atoms with Gasteiger partial charge in [0, 0.05) is 31.3 Å². The molecule has 1 N–H and O–H groups in total. The van der Waals surface area contributed by atoms with E-state index in [1.165, 1.54) is 47.0 Å². The maximum Gasteiger partial charge on any atom is 0.0708 e. The number of hydrogen-bond acceptors (Lipinski definition) is 3. The van der Waals surface area contributed by atoms with Gasteiger partial charge in [-0.1, -0.05) is 11.6 Å². The third-order valence-electron chi connectivity index (χ3n) is 4.32. The topological polar surface area (TPSA) is 34.1 Å². The molecule has 0 radical (unpaired) electrons. The van der Waals surface area contributed by atoms with Crippen LogP contribution in [0.3, 0.4) is 0 Å². The fourth-order valence-corrected chi connectivity index (χ4v) is 3.22. The van der Waals surface area contributed by atoms with Crippen LogP contribution in [0.5, 0.6) is 0 Å². The minimum atomic E-state index is 0.754. The highest BCUT2D eigenvalue weighted by Gasteiger charge is 2.17. The first kappa shape index (κ1) is 14.5. The molecule has 2 aromatic rings. The quantitative estimate of drug-likeness (QED) is 0.856. The van der Waals surface area contributed by atoms with E-state index in [0.717, 1.165) is 31.6 Å². The van der Waals surface area contributed by atoms with E-state index in [2.05, 4.69) is 30.4 Å². The van der Waals surface area contributed by atoms with Crippen LogP contribution in [-0.2, 0) is 24.1 Å². The lowest BCUT2D eigenvalue weighted by Gasteiger charge is -2.21. The minimum absolute atomic E-state index is 0.754. The molecule has 21 heavy (non-hydrogen) atoms. The number of pyridine rings is 1. The smallest absolute Gasteiger partial charge is 0.0708 e. The number of hydrogen-bond donors (Lipinski definition) is 1. The van der Waals surface area contributed by atoms with Crippen LogP contribution in [0.15, 0.2) is 18.2 Å². The number of fused-ring (bicyclic) bond motifs is 2. The summed E-state index contributed by atoms with van der Waals surface area (Å²) in [5.41, 5.74) is 6.71. The van der Waals surface area contributed by atoms with Crippen LogP contribution in [-0.4, -0.2) is 25.2 Å². The Morgan fingerprint density at radius 2 is 2.10 bits per heavy atom. The molecule has 1 heterocycles. The van der Waals surface area contributed by atoms with Gasteiger partial charge in [-0.25, -0.2) is 0 Å². The predicted octanol–water partition coefficient (Wildman–Crippen LogP) is 3.16. The molecule has 0 amide bonds. The largest absolute Gasteiger partial charge is 0.383 e. The fourth-order valence-electron chi connectivity index (χ4n) is 3.22. The first-order valence-electron chi connectivity index (χ1n) is 7.90. The standard InChI is InChI=1S/C18H24N2O/c1-13-7-8-18-15(11-13)16(12-19-9-10-21-2)14-5-3-4-6-17(14)20-18/h7-8,11,19H,3-6,9-10,12H2,1-2H3. The average molecular weight is 284 g/mol. The van der Waals surface area contributed by atoms with Gasteiger partial charge >= 0.3 is 0 Å². The summed E-state index contributed by atoms with van der Waals surface area (Å²) < 4.78 is 5.12. The van der Waals surface area contributed by atoms with Crippen LogP contribution in [0.4, 0.5) is 0 Å². The number of aromatic nitrogens is 1. The van der Waals surface area contributed by atoms with Gasteiger partial charge in [0.25, 0.3) is 0 Å². The van der Waals surface area contributed by atoms with E-state index in [1.807, 2.05) is 0 Å². The summed E-state index contributed by atoms with van der Waals surface area (Å²) >= 11 is 0. The summed E-state index contributed by atoms with van der Waals surface area (Å²) in [5.74, 6) is 0. The summed E-state index contributed by atoms with van der Waals surface area (Å²) in [6.45, 7) is 4.71. The van der Waals surface area contributed by atoms with Gasteiger partial charge in [0.1, 0.15) is 0 Å². The molecule has 1 aliphatic carbocycles. The molecule has 0 atom stereocenters. The highest BCUT2D eigenvalue weighted by Crippen LogP contribution is 2.29. The lowest BCUT2D eigenvalue weighted by molar-refractivity contribution is 0.199. The van der Waals surface area contributed by atoms with Crippen molar-refractivity contribution in [3.63, 3.8) is 0 Å². The summed E-state index contributed by atoms with van der Waals surface area (Å²) in [6, 6.07) is 6.61. The second kappa shape index (κ2) is 6.54. The van der Waals surface area contributed by atoms with Crippen LogP contribution in [0, 0.1) is 6.92 Å². The Kier molecular flexibility index (Phi) is 4.51. The van der Waals surface area contributed by atoms with Gasteiger partial charge in [-0.15, -0.1) is 0 Å². The van der Waals surface area contributed by atoms with Crippen molar-refractivity contribution in [3.8, 4) is 0 Å². The van der Waals surface area contributed by atoms with E-state index < -0.39 is 0 Å². The van der Waals surface area contributed by atoms with Gasteiger partial charge in [0.2, 0.25) is 0 Å². The second-order valence-corrected chi connectivity index (χ2v) is 5.91. The molecule has 0 spiro atoms. The maximum absolute atomic E-state index is 5.12. The second-order valence-electron chi connectivity index (χ2n) is 5.91. The Hall–Kier alpha value is -1.45. The van der Waals surface area contributed by atoms with Gasteiger partial charge in [-0.2, -0.15) is 0 Å². The third kappa shape index (κ3) is 3.09. The Bertz CT molecular complexity index is 637. The molecule has 0 unspecified atom stereocenters. The van der Waals surface area contributed by atoms with Crippen LogP contribution in [0.2, 0.25) is 0 Å². The highest BCUT2D eigenvalue weighted by molar-refractivity contribution is 5.84. The van der Waals surface area contributed by atoms with Crippen molar-refractivity contribution in [1.29, 1.82) is 0 Å². The zero-order valence-electron chi connectivity index (χ0n) is 13.0. The average Bonchev–Trinajstić information content (AvgIpc) is 2.51. The van der Waals surface area contributed by atoms with E-state index in [9.17, 15) is 0 Å². The Labute approximate surface area is 126 Å². The van der Waals surface area contributed by atoms with Crippen LogP contribution in [0.25, 0.3) is 10.9 Å². The molecule has 1 aromatic carbocycles. The van der Waals surface area contributed by atoms with Crippen LogP contribution >= 0.6 is 0 Å². The van der Waals surface area contributed by atoms with E-state index in [1.54, 1.807) is 7.11 Å². The van der Waals surface area contributed by atoms with Crippen LogP contribution < -0.4 is 5.32 Å². The maximum atomic E-state index is 5.12. The first-order valence-corrected chi connectivity index (χ1v) is 7.90. The van der Waals surface area contributed by atoms with Gasteiger partial charge in [0.15, 0.2) is 0 Å². The number of methoxy groups -OCH3 is 1. The van der Waals surface area contributed by atoms with Crippen molar-refractivity contribution in [2.24, 2.45) is 0 Å². The van der Waals surface area contributed by atoms with Gasteiger partial charge in [-0.05, 0) is 55.9 Å². The Morgan fingerprint density at radius 3 is 2.95 bits per heavy atom. The third-order valence-corrected chi connectivity index (χ3v) is 4.32. The highest BCUT2D eigenvalue weighted by atomic mass is 16.5. The molecule has 0 fully saturated rings. The lowest BCUT2D eigenvalue weighted by Crippen LogP contribution is -2.21. The lowest BCUT2D eigenvalue weighted by atomic mass is 9.89. The van der Waals surface area contributed by atoms with Gasteiger partial charge in [-0.3, -0.25) is 4.98 Å².